The Morgan fingerprint density at radius 1 is 0.404 bits per heavy atom. The van der Waals surface area contributed by atoms with E-state index in [1.54, 1.807) is 0 Å². The Kier molecular flexibility index (Phi) is 7.34. The summed E-state index contributed by atoms with van der Waals surface area (Å²) >= 11 is 0. The molecule has 4 nitrogen and oxygen atoms in total. The third-order valence-corrected chi connectivity index (χ3v) is 12.7. The van der Waals surface area contributed by atoms with Crippen LogP contribution >= 0.6 is 0 Å². The predicted octanol–water partition coefficient (Wildman–Crippen LogP) is 13.8. The second-order valence-electron chi connectivity index (χ2n) is 17.1. The van der Waals surface area contributed by atoms with E-state index in [-0.39, 0.29) is 10.8 Å². The molecule has 4 heteroatoms. The third-order valence-electron chi connectivity index (χ3n) is 12.7. The first-order valence-electron chi connectivity index (χ1n) is 20.1. The summed E-state index contributed by atoms with van der Waals surface area (Å²) in [6.07, 6.45) is 2.36. The average Bonchev–Trinajstić information content (AvgIpc) is 3.57. The van der Waals surface area contributed by atoms with Gasteiger partial charge in [-0.15, -0.1) is 0 Å². The van der Waals surface area contributed by atoms with Gasteiger partial charge in [-0.3, -0.25) is 0 Å². The molecule has 0 fully saturated rings. The van der Waals surface area contributed by atoms with Crippen molar-refractivity contribution in [1.82, 2.24) is 19.5 Å². The lowest BCUT2D eigenvalue weighted by Crippen LogP contribution is -2.33. The summed E-state index contributed by atoms with van der Waals surface area (Å²) in [5.74, 6) is 1.96. The van der Waals surface area contributed by atoms with Crippen molar-refractivity contribution in [3.05, 3.63) is 169 Å². The van der Waals surface area contributed by atoms with Crippen LogP contribution < -0.4 is 0 Å². The van der Waals surface area contributed by atoms with Gasteiger partial charge in [0.25, 0.3) is 0 Å². The molecule has 0 spiro atoms. The summed E-state index contributed by atoms with van der Waals surface area (Å²) < 4.78 is 2.49. The minimum atomic E-state index is 0.0945. The summed E-state index contributed by atoms with van der Waals surface area (Å²) in [5, 5.41) is 9.63. The van der Waals surface area contributed by atoms with Crippen molar-refractivity contribution < 1.29 is 0 Å². The fourth-order valence-corrected chi connectivity index (χ4v) is 9.44. The van der Waals surface area contributed by atoms with Crippen LogP contribution in [-0.2, 0) is 10.8 Å². The van der Waals surface area contributed by atoms with E-state index >= 15 is 0 Å². The normalized spacial score (nSPS) is 14.8. The lowest BCUT2D eigenvalue weighted by molar-refractivity contribution is 0.332. The van der Waals surface area contributed by atoms with Gasteiger partial charge < -0.3 is 4.57 Å². The number of benzene rings is 8. The minimum absolute atomic E-state index is 0.0945. The molecule has 0 saturated heterocycles. The van der Waals surface area contributed by atoms with Crippen LogP contribution in [0.15, 0.2) is 158 Å². The second-order valence-corrected chi connectivity index (χ2v) is 17.1. The Morgan fingerprint density at radius 3 is 1.75 bits per heavy atom. The van der Waals surface area contributed by atoms with Crippen molar-refractivity contribution in [2.45, 2.75) is 51.4 Å². The van der Waals surface area contributed by atoms with Gasteiger partial charge in [0.1, 0.15) is 0 Å². The molecule has 0 amide bonds. The van der Waals surface area contributed by atoms with Crippen molar-refractivity contribution in [2.75, 3.05) is 0 Å². The van der Waals surface area contributed by atoms with Crippen molar-refractivity contribution in [3.8, 4) is 39.9 Å². The maximum absolute atomic E-state index is 5.28. The van der Waals surface area contributed by atoms with Crippen molar-refractivity contribution in [1.29, 1.82) is 0 Å². The van der Waals surface area contributed by atoms with Crippen molar-refractivity contribution in [2.24, 2.45) is 0 Å². The number of hydrogen-bond acceptors (Lipinski definition) is 3. The zero-order valence-electron chi connectivity index (χ0n) is 32.7. The molecule has 0 atom stereocenters. The monoisotopic (exact) mass is 734 g/mol. The zero-order chi connectivity index (χ0) is 38.5. The molecule has 0 N–H and O–H groups in total. The van der Waals surface area contributed by atoms with Gasteiger partial charge >= 0.3 is 0 Å². The number of aromatic nitrogens is 4. The molecule has 1 aliphatic rings. The molecular weight excluding hydrogens is 693 g/mol. The highest BCUT2D eigenvalue weighted by atomic mass is 15.0. The number of fused-ring (bicyclic) bond motifs is 8. The van der Waals surface area contributed by atoms with Gasteiger partial charge in [0.15, 0.2) is 17.5 Å². The molecule has 0 radical (unpaired) electrons. The first kappa shape index (κ1) is 33.7. The number of hydrogen-bond donors (Lipinski definition) is 0. The summed E-state index contributed by atoms with van der Waals surface area (Å²) in [4.78, 5) is 15.6. The van der Waals surface area contributed by atoms with Gasteiger partial charge in [-0.1, -0.05) is 149 Å². The zero-order valence-corrected chi connectivity index (χ0v) is 32.7. The van der Waals surface area contributed by atoms with Gasteiger partial charge in [-0.2, -0.15) is 0 Å². The van der Waals surface area contributed by atoms with Crippen LogP contribution in [0.2, 0.25) is 0 Å². The van der Waals surface area contributed by atoms with E-state index in [4.69, 9.17) is 15.0 Å². The molecule has 8 aromatic carbocycles. The van der Waals surface area contributed by atoms with Crippen LogP contribution in [0.5, 0.6) is 0 Å². The minimum Gasteiger partial charge on any atom is -0.309 e. The van der Waals surface area contributed by atoms with Crippen LogP contribution in [0.4, 0.5) is 0 Å². The lowest BCUT2D eigenvalue weighted by atomic mass is 9.63. The fraction of sp³-hybridized carbons (Fsp3) is 0.151. The van der Waals surface area contributed by atoms with E-state index in [0.29, 0.717) is 17.5 Å². The van der Waals surface area contributed by atoms with Gasteiger partial charge in [-0.25, -0.2) is 15.0 Å². The highest BCUT2D eigenvalue weighted by Crippen LogP contribution is 2.49. The molecule has 2 heterocycles. The van der Waals surface area contributed by atoms with Crippen molar-refractivity contribution in [3.63, 3.8) is 0 Å². The topological polar surface area (TPSA) is 43.6 Å². The van der Waals surface area contributed by atoms with Gasteiger partial charge in [0.05, 0.1) is 16.7 Å². The van der Waals surface area contributed by atoms with Crippen LogP contribution in [0.1, 0.15) is 51.7 Å². The van der Waals surface area contributed by atoms with Crippen LogP contribution in [-0.4, -0.2) is 19.5 Å². The van der Waals surface area contributed by atoms with E-state index in [2.05, 4.69) is 172 Å². The predicted molar refractivity (Wildman–Crippen MR) is 238 cm³/mol. The molecule has 11 rings (SSSR count). The quantitative estimate of drug-likeness (QED) is 0.169. The standard InChI is InChI=1S/C53H42N4/c1-52(2)28-29-53(3,4)45-32-48-43(31-44(45)52)40-20-12-13-21-46(40)57(48)47-27-26-41(38-18-10-11-19-39(38)47)51-55-49(35-15-6-5-7-16-35)54-50(56-51)36-25-24-34-23-22-33-14-8-9-17-37(33)42(34)30-36/h5-27,30-32H,28-29H2,1-4H3. The number of para-hydroxylation sites is 1. The molecule has 57 heavy (non-hydrogen) atoms. The summed E-state index contributed by atoms with van der Waals surface area (Å²) in [7, 11) is 0. The average molecular weight is 735 g/mol. The summed E-state index contributed by atoms with van der Waals surface area (Å²) in [6.45, 7) is 9.65. The van der Waals surface area contributed by atoms with Gasteiger partial charge in [0.2, 0.25) is 0 Å². The van der Waals surface area contributed by atoms with Crippen LogP contribution in [0, 0.1) is 0 Å². The molecule has 1 aliphatic carbocycles. The molecule has 10 aromatic rings. The largest absolute Gasteiger partial charge is 0.309 e. The van der Waals surface area contributed by atoms with E-state index < -0.39 is 0 Å². The van der Waals surface area contributed by atoms with Gasteiger partial charge in [0, 0.05) is 32.8 Å². The summed E-state index contributed by atoms with van der Waals surface area (Å²) in [5.41, 5.74) is 9.65. The Hall–Kier alpha value is -6.65. The Balaban J connectivity index is 1.15. The molecular formula is C53H42N4. The molecule has 2 aromatic heterocycles. The first-order valence-corrected chi connectivity index (χ1v) is 20.1. The highest BCUT2D eigenvalue weighted by Gasteiger charge is 2.38. The van der Waals surface area contributed by atoms with Crippen LogP contribution in [0.25, 0.3) is 94.0 Å². The van der Waals surface area contributed by atoms with Gasteiger partial charge in [-0.05, 0) is 98.1 Å². The van der Waals surface area contributed by atoms with E-state index in [1.165, 1.54) is 67.3 Å². The first-order chi connectivity index (χ1) is 27.7. The summed E-state index contributed by atoms with van der Waals surface area (Å²) in [6, 6.07) is 56.8. The Labute approximate surface area is 332 Å². The second kappa shape index (κ2) is 12.4. The molecule has 0 saturated carbocycles. The molecule has 0 bridgehead atoms. The Morgan fingerprint density at radius 2 is 0.982 bits per heavy atom. The van der Waals surface area contributed by atoms with Crippen molar-refractivity contribution >= 4 is 54.1 Å². The smallest absolute Gasteiger partial charge is 0.164 e. The number of rotatable bonds is 4. The fourth-order valence-electron chi connectivity index (χ4n) is 9.44. The highest BCUT2D eigenvalue weighted by molar-refractivity contribution is 6.12. The van der Waals surface area contributed by atoms with E-state index in [1.807, 2.05) is 18.2 Å². The van der Waals surface area contributed by atoms with Crippen LogP contribution in [0.3, 0.4) is 0 Å². The van der Waals surface area contributed by atoms with E-state index in [9.17, 15) is 0 Å². The molecule has 274 valence electrons. The Bertz CT molecular complexity index is 3240. The maximum Gasteiger partial charge on any atom is 0.164 e. The SMILES string of the molecule is CC1(C)CCC(C)(C)c2cc3c(cc21)c1ccccc1n3-c1ccc(-c2nc(-c3ccccc3)nc(-c3ccc4ccc5ccccc5c4c3)n2)c2ccccc12. The maximum atomic E-state index is 5.28. The molecule has 0 unspecified atom stereocenters. The molecule has 0 aliphatic heterocycles. The lowest BCUT2D eigenvalue weighted by Gasteiger charge is -2.42. The van der Waals surface area contributed by atoms with E-state index in [0.717, 1.165) is 33.2 Å². The number of nitrogens with zero attached hydrogens (tertiary/aromatic N) is 4. The third kappa shape index (κ3) is 5.31.